The molecule has 138 valence electrons. The first-order valence-electron chi connectivity index (χ1n) is 8.03. The molecule has 2 N–H and O–H groups in total. The first-order chi connectivity index (χ1) is 12.4. The smallest absolute Gasteiger partial charge is 0.274 e. The molecule has 1 aromatic carbocycles. The molecule has 26 heavy (non-hydrogen) atoms. The van der Waals surface area contributed by atoms with Gasteiger partial charge in [-0.2, -0.15) is 0 Å². The zero-order valence-electron chi connectivity index (χ0n) is 14.6. The molecule has 0 aliphatic rings. The second kappa shape index (κ2) is 9.00. The molecule has 0 atom stereocenters. The maximum Gasteiger partial charge on any atom is 0.274 e. The Labute approximate surface area is 150 Å². The topological polar surface area (TPSA) is 74.3 Å². The maximum absolute atomic E-state index is 13.6. The summed E-state index contributed by atoms with van der Waals surface area (Å²) in [5.41, 5.74) is -0.131. The molecule has 0 bridgehead atoms. The van der Waals surface area contributed by atoms with Crippen molar-refractivity contribution in [1.29, 1.82) is 0 Å². The van der Waals surface area contributed by atoms with Gasteiger partial charge in [-0.1, -0.05) is 6.07 Å². The van der Waals surface area contributed by atoms with E-state index in [9.17, 15) is 18.4 Å². The first-order valence-corrected chi connectivity index (χ1v) is 8.03. The zero-order chi connectivity index (χ0) is 19.1. The summed E-state index contributed by atoms with van der Waals surface area (Å²) >= 11 is 0. The van der Waals surface area contributed by atoms with Gasteiger partial charge in [0.15, 0.2) is 0 Å². The average molecular weight is 362 g/mol. The van der Waals surface area contributed by atoms with Gasteiger partial charge >= 0.3 is 0 Å². The third kappa shape index (κ3) is 5.59. The van der Waals surface area contributed by atoms with Crippen LogP contribution >= 0.6 is 0 Å². The molecule has 0 aliphatic carbocycles. The van der Waals surface area contributed by atoms with E-state index >= 15 is 0 Å². The van der Waals surface area contributed by atoms with E-state index in [0.29, 0.717) is 12.6 Å². The number of anilines is 1. The summed E-state index contributed by atoms with van der Waals surface area (Å²) in [6.45, 7) is 1.31. The summed E-state index contributed by atoms with van der Waals surface area (Å²) in [5.74, 6) is -2.73. The molecule has 2 amide bonds. The predicted octanol–water partition coefficient (Wildman–Crippen LogP) is 2.29. The van der Waals surface area contributed by atoms with Gasteiger partial charge in [0.2, 0.25) is 0 Å². The minimum Gasteiger partial charge on any atom is -0.351 e. The highest BCUT2D eigenvalue weighted by Crippen LogP contribution is 2.15. The number of pyridine rings is 1. The number of nitrogens with zero attached hydrogens (tertiary/aromatic N) is 2. The molecule has 0 saturated carbocycles. The number of halogens is 2. The van der Waals surface area contributed by atoms with Crippen LogP contribution in [-0.2, 0) is 0 Å². The van der Waals surface area contributed by atoms with Crippen LogP contribution in [0.3, 0.4) is 0 Å². The van der Waals surface area contributed by atoms with E-state index in [-0.39, 0.29) is 17.1 Å². The molecule has 0 radical (unpaired) electrons. The van der Waals surface area contributed by atoms with Gasteiger partial charge in [0.25, 0.3) is 11.8 Å². The van der Waals surface area contributed by atoms with Crippen LogP contribution in [0, 0.1) is 11.6 Å². The summed E-state index contributed by atoms with van der Waals surface area (Å²) in [6.07, 6.45) is 0.781. The molecule has 1 heterocycles. The van der Waals surface area contributed by atoms with Gasteiger partial charge < -0.3 is 15.5 Å². The van der Waals surface area contributed by atoms with Crippen molar-refractivity contribution in [3.8, 4) is 0 Å². The molecule has 2 rings (SSSR count). The minimum atomic E-state index is -0.895. The molecule has 2 aromatic rings. The van der Waals surface area contributed by atoms with E-state index in [2.05, 4.69) is 15.6 Å². The van der Waals surface area contributed by atoms with Crippen LogP contribution in [0.25, 0.3) is 0 Å². The van der Waals surface area contributed by atoms with Crippen LogP contribution in [0.4, 0.5) is 14.5 Å². The number of aromatic nitrogens is 1. The third-order valence-corrected chi connectivity index (χ3v) is 3.46. The second-order valence-corrected chi connectivity index (χ2v) is 5.90. The van der Waals surface area contributed by atoms with E-state index in [1.54, 1.807) is 0 Å². The zero-order valence-corrected chi connectivity index (χ0v) is 14.6. The Balaban J connectivity index is 2.01. The van der Waals surface area contributed by atoms with Gasteiger partial charge in [-0.25, -0.2) is 13.8 Å². The van der Waals surface area contributed by atoms with Crippen molar-refractivity contribution in [2.75, 3.05) is 32.5 Å². The fourth-order valence-corrected chi connectivity index (χ4v) is 2.15. The fourth-order valence-electron chi connectivity index (χ4n) is 2.15. The molecule has 6 nitrogen and oxygen atoms in total. The summed E-state index contributed by atoms with van der Waals surface area (Å²) in [7, 11) is 3.88. The number of hydrogen-bond donors (Lipinski definition) is 2. The van der Waals surface area contributed by atoms with E-state index in [4.69, 9.17) is 0 Å². The molecular formula is C18H20F2N4O2. The second-order valence-electron chi connectivity index (χ2n) is 5.90. The SMILES string of the molecule is CN(C)CCCNC(=O)c1cccc(C(=O)Nc2ccc(F)cc2F)n1. The Morgan fingerprint density at radius 2 is 1.77 bits per heavy atom. The van der Waals surface area contributed by atoms with Crippen LogP contribution in [0.5, 0.6) is 0 Å². The quantitative estimate of drug-likeness (QED) is 0.741. The average Bonchev–Trinajstić information content (AvgIpc) is 2.60. The number of carbonyl (C=O) groups excluding carboxylic acids is 2. The lowest BCUT2D eigenvalue weighted by molar-refractivity contribution is 0.0947. The van der Waals surface area contributed by atoms with Crippen LogP contribution < -0.4 is 10.6 Å². The molecule has 0 saturated heterocycles. The summed E-state index contributed by atoms with van der Waals surface area (Å²) < 4.78 is 26.5. The molecule has 0 aliphatic heterocycles. The van der Waals surface area contributed by atoms with Crippen molar-refractivity contribution in [3.05, 3.63) is 59.4 Å². The van der Waals surface area contributed by atoms with E-state index < -0.39 is 23.4 Å². The Kier molecular flexibility index (Phi) is 6.74. The summed E-state index contributed by atoms with van der Waals surface area (Å²) in [5, 5.41) is 5.03. The largest absolute Gasteiger partial charge is 0.351 e. The minimum absolute atomic E-state index is 0.0466. The lowest BCUT2D eigenvalue weighted by atomic mass is 10.2. The van der Waals surface area contributed by atoms with Gasteiger partial charge in [-0.05, 0) is 51.3 Å². The Morgan fingerprint density at radius 1 is 1.08 bits per heavy atom. The Bertz CT molecular complexity index is 797. The van der Waals surface area contributed by atoms with Gasteiger partial charge in [0.1, 0.15) is 23.0 Å². The summed E-state index contributed by atoms with van der Waals surface area (Å²) in [4.78, 5) is 30.3. The fraction of sp³-hybridized carbons (Fsp3) is 0.278. The highest BCUT2D eigenvalue weighted by Gasteiger charge is 2.14. The highest BCUT2D eigenvalue weighted by atomic mass is 19.1. The van der Waals surface area contributed by atoms with Crippen molar-refractivity contribution < 1.29 is 18.4 Å². The van der Waals surface area contributed by atoms with Crippen LogP contribution in [0.1, 0.15) is 27.4 Å². The highest BCUT2D eigenvalue weighted by molar-refractivity contribution is 6.03. The maximum atomic E-state index is 13.6. The van der Waals surface area contributed by atoms with Crippen molar-refractivity contribution in [3.63, 3.8) is 0 Å². The van der Waals surface area contributed by atoms with E-state index in [1.807, 2.05) is 19.0 Å². The van der Waals surface area contributed by atoms with E-state index in [0.717, 1.165) is 25.1 Å². The van der Waals surface area contributed by atoms with Crippen molar-refractivity contribution in [1.82, 2.24) is 15.2 Å². The van der Waals surface area contributed by atoms with Crippen LogP contribution in [-0.4, -0.2) is 48.9 Å². The standard InChI is InChI=1S/C18H20F2N4O2/c1-24(2)10-4-9-21-17(25)15-5-3-6-16(22-15)18(26)23-14-8-7-12(19)11-13(14)20/h3,5-8,11H,4,9-10H2,1-2H3,(H,21,25)(H,23,26). The molecule has 0 spiro atoms. The van der Waals surface area contributed by atoms with Gasteiger partial charge in [0, 0.05) is 12.6 Å². The summed E-state index contributed by atoms with van der Waals surface area (Å²) in [6, 6.07) is 7.21. The van der Waals surface area contributed by atoms with Crippen molar-refractivity contribution >= 4 is 17.5 Å². The lowest BCUT2D eigenvalue weighted by Gasteiger charge is -2.10. The normalized spacial score (nSPS) is 10.7. The number of benzene rings is 1. The number of nitrogens with one attached hydrogen (secondary N) is 2. The van der Waals surface area contributed by atoms with E-state index in [1.165, 1.54) is 18.2 Å². The van der Waals surface area contributed by atoms with Gasteiger partial charge in [0.05, 0.1) is 5.69 Å². The molecular weight excluding hydrogens is 342 g/mol. The number of hydrogen-bond acceptors (Lipinski definition) is 4. The number of rotatable bonds is 7. The van der Waals surface area contributed by atoms with Crippen LogP contribution in [0.2, 0.25) is 0 Å². The lowest BCUT2D eigenvalue weighted by Crippen LogP contribution is -2.28. The van der Waals surface area contributed by atoms with Crippen molar-refractivity contribution in [2.45, 2.75) is 6.42 Å². The molecule has 0 unspecified atom stereocenters. The Morgan fingerprint density at radius 3 is 2.42 bits per heavy atom. The third-order valence-electron chi connectivity index (χ3n) is 3.46. The monoisotopic (exact) mass is 362 g/mol. The predicted molar refractivity (Wildman–Crippen MR) is 94.1 cm³/mol. The Hall–Kier alpha value is -2.87. The first kappa shape index (κ1) is 19.5. The molecule has 1 aromatic heterocycles. The molecule has 8 heteroatoms. The van der Waals surface area contributed by atoms with Gasteiger partial charge in [-0.3, -0.25) is 9.59 Å². The molecule has 0 fully saturated rings. The van der Waals surface area contributed by atoms with Crippen molar-refractivity contribution in [2.24, 2.45) is 0 Å². The van der Waals surface area contributed by atoms with Gasteiger partial charge in [-0.15, -0.1) is 0 Å². The number of amides is 2. The number of carbonyl (C=O) groups is 2. The van der Waals surface area contributed by atoms with Crippen LogP contribution in [0.15, 0.2) is 36.4 Å².